The molecule has 1 aromatic carbocycles. The van der Waals surface area contributed by atoms with E-state index < -0.39 is 0 Å². The largest absolute Gasteiger partial charge is 0.308 e. The second-order valence-corrected chi connectivity index (χ2v) is 9.43. The molecule has 2 aliphatic rings. The summed E-state index contributed by atoms with van der Waals surface area (Å²) in [7, 11) is 0. The van der Waals surface area contributed by atoms with Crippen molar-refractivity contribution in [2.45, 2.75) is 52.6 Å². The predicted molar refractivity (Wildman–Crippen MR) is 132 cm³/mol. The standard InChI is InChI=1S/C27H35N5/c1-4-25-29-26-20(2)18-21(3)28-27(26)32(25)19-23-9-7-22(8-10-23)6-5-13-30-14-16-31(17-15-30)24-11-12-24/h5-10,18,24H,4,11-17,19H2,1-3H3/b6-5+. The monoisotopic (exact) mass is 429 g/mol. The Bertz CT molecular complexity index is 1100. The van der Waals surface area contributed by atoms with Gasteiger partial charge in [0, 0.05) is 50.9 Å². The summed E-state index contributed by atoms with van der Waals surface area (Å²) in [6.07, 6.45) is 8.32. The number of aryl methyl sites for hydroxylation is 3. The van der Waals surface area contributed by atoms with Crippen LogP contribution in [0.4, 0.5) is 0 Å². The molecule has 0 bridgehead atoms. The molecular weight excluding hydrogens is 394 g/mol. The topological polar surface area (TPSA) is 37.2 Å². The molecule has 0 spiro atoms. The smallest absolute Gasteiger partial charge is 0.160 e. The molecule has 5 nitrogen and oxygen atoms in total. The van der Waals surface area contributed by atoms with Crippen molar-refractivity contribution in [3.63, 3.8) is 0 Å². The number of hydrogen-bond donors (Lipinski definition) is 0. The van der Waals surface area contributed by atoms with E-state index in [4.69, 9.17) is 9.97 Å². The molecule has 1 aliphatic heterocycles. The fourth-order valence-electron chi connectivity index (χ4n) is 4.89. The molecule has 1 saturated carbocycles. The Hall–Kier alpha value is -2.50. The van der Waals surface area contributed by atoms with E-state index in [1.165, 1.54) is 55.7 Å². The lowest BCUT2D eigenvalue weighted by Gasteiger charge is -2.34. The van der Waals surface area contributed by atoms with Crippen LogP contribution in [0.3, 0.4) is 0 Å². The first-order chi connectivity index (χ1) is 15.6. The number of nitrogens with zero attached hydrogens (tertiary/aromatic N) is 5. The number of imidazole rings is 1. The summed E-state index contributed by atoms with van der Waals surface area (Å²) in [5.41, 5.74) is 6.84. The van der Waals surface area contributed by atoms with Gasteiger partial charge in [0.25, 0.3) is 0 Å². The Morgan fingerprint density at radius 2 is 1.75 bits per heavy atom. The Morgan fingerprint density at radius 1 is 1.00 bits per heavy atom. The molecule has 5 rings (SSSR count). The Balaban J connectivity index is 1.22. The van der Waals surface area contributed by atoms with Crippen LogP contribution < -0.4 is 0 Å². The summed E-state index contributed by atoms with van der Waals surface area (Å²) < 4.78 is 2.28. The normalized spacial score (nSPS) is 18.2. The van der Waals surface area contributed by atoms with Gasteiger partial charge in [0.1, 0.15) is 11.3 Å². The van der Waals surface area contributed by atoms with Gasteiger partial charge in [-0.2, -0.15) is 0 Å². The first-order valence-electron chi connectivity index (χ1n) is 12.2. The van der Waals surface area contributed by atoms with E-state index in [2.05, 4.69) is 77.6 Å². The average Bonchev–Trinajstić information content (AvgIpc) is 3.59. The number of benzene rings is 1. The van der Waals surface area contributed by atoms with Crippen molar-refractivity contribution in [2.75, 3.05) is 32.7 Å². The Morgan fingerprint density at radius 3 is 2.44 bits per heavy atom. The van der Waals surface area contributed by atoms with E-state index in [9.17, 15) is 0 Å². The molecule has 3 heterocycles. The minimum Gasteiger partial charge on any atom is -0.308 e. The molecule has 1 saturated heterocycles. The summed E-state index contributed by atoms with van der Waals surface area (Å²) in [6, 6.07) is 12.0. The fourth-order valence-corrected chi connectivity index (χ4v) is 4.89. The van der Waals surface area contributed by atoms with Crippen LogP contribution in [-0.2, 0) is 13.0 Å². The number of aromatic nitrogens is 3. The molecule has 0 atom stereocenters. The van der Waals surface area contributed by atoms with E-state index in [0.29, 0.717) is 0 Å². The second-order valence-electron chi connectivity index (χ2n) is 9.43. The van der Waals surface area contributed by atoms with Crippen LogP contribution in [0.25, 0.3) is 17.2 Å². The maximum Gasteiger partial charge on any atom is 0.160 e. The number of rotatable bonds is 7. The molecule has 0 N–H and O–H groups in total. The van der Waals surface area contributed by atoms with Crippen LogP contribution in [0.1, 0.15) is 48.0 Å². The predicted octanol–water partition coefficient (Wildman–Crippen LogP) is 4.45. The zero-order valence-electron chi connectivity index (χ0n) is 19.7. The van der Waals surface area contributed by atoms with Gasteiger partial charge in [0.05, 0.1) is 6.54 Å². The fraction of sp³-hybridized carbons (Fsp3) is 0.481. The van der Waals surface area contributed by atoms with Crippen LogP contribution in [0.15, 0.2) is 36.4 Å². The average molecular weight is 430 g/mol. The molecule has 168 valence electrons. The van der Waals surface area contributed by atoms with Gasteiger partial charge < -0.3 is 4.57 Å². The van der Waals surface area contributed by atoms with Crippen LogP contribution in [-0.4, -0.2) is 63.1 Å². The molecular formula is C27H35N5. The Labute approximate surface area is 191 Å². The summed E-state index contributed by atoms with van der Waals surface area (Å²) in [6.45, 7) is 13.1. The van der Waals surface area contributed by atoms with E-state index in [0.717, 1.165) is 48.2 Å². The second kappa shape index (κ2) is 9.16. The van der Waals surface area contributed by atoms with Crippen molar-refractivity contribution in [2.24, 2.45) is 0 Å². The number of fused-ring (bicyclic) bond motifs is 1. The van der Waals surface area contributed by atoms with Gasteiger partial charge >= 0.3 is 0 Å². The van der Waals surface area contributed by atoms with Gasteiger partial charge in [-0.05, 0) is 49.4 Å². The van der Waals surface area contributed by atoms with Gasteiger partial charge in [-0.1, -0.05) is 43.3 Å². The molecule has 0 unspecified atom stereocenters. The van der Waals surface area contributed by atoms with Gasteiger partial charge in [-0.15, -0.1) is 0 Å². The molecule has 1 aliphatic carbocycles. The zero-order valence-corrected chi connectivity index (χ0v) is 19.7. The summed E-state index contributed by atoms with van der Waals surface area (Å²) in [5, 5.41) is 0. The van der Waals surface area contributed by atoms with Crippen LogP contribution >= 0.6 is 0 Å². The van der Waals surface area contributed by atoms with Crippen molar-refractivity contribution in [3.8, 4) is 0 Å². The van der Waals surface area contributed by atoms with Crippen LogP contribution in [0.2, 0.25) is 0 Å². The lowest BCUT2D eigenvalue weighted by Crippen LogP contribution is -2.47. The lowest BCUT2D eigenvalue weighted by atomic mass is 10.1. The van der Waals surface area contributed by atoms with Crippen molar-refractivity contribution in [3.05, 3.63) is 64.6 Å². The van der Waals surface area contributed by atoms with Crippen LogP contribution in [0.5, 0.6) is 0 Å². The number of pyridine rings is 1. The highest BCUT2D eigenvalue weighted by Crippen LogP contribution is 2.27. The maximum atomic E-state index is 4.87. The Kier molecular flexibility index (Phi) is 6.11. The molecule has 2 fully saturated rings. The van der Waals surface area contributed by atoms with Crippen molar-refractivity contribution < 1.29 is 0 Å². The molecule has 2 aromatic heterocycles. The number of piperazine rings is 1. The molecule has 3 aromatic rings. The number of hydrogen-bond acceptors (Lipinski definition) is 4. The van der Waals surface area contributed by atoms with E-state index in [-0.39, 0.29) is 0 Å². The molecule has 0 radical (unpaired) electrons. The zero-order chi connectivity index (χ0) is 22.1. The van der Waals surface area contributed by atoms with Gasteiger partial charge in [0.2, 0.25) is 0 Å². The first kappa shape index (κ1) is 21.4. The SMILES string of the molecule is CCc1nc2c(C)cc(C)nc2n1Cc1ccc(/C=C/CN2CCN(C3CC3)CC2)cc1. The summed E-state index contributed by atoms with van der Waals surface area (Å²) in [5.74, 6) is 1.10. The third-order valence-electron chi connectivity index (χ3n) is 6.88. The third-order valence-corrected chi connectivity index (χ3v) is 6.88. The highest BCUT2D eigenvalue weighted by atomic mass is 15.3. The summed E-state index contributed by atoms with van der Waals surface area (Å²) >= 11 is 0. The van der Waals surface area contributed by atoms with Gasteiger partial charge in [-0.3, -0.25) is 9.80 Å². The van der Waals surface area contributed by atoms with Crippen LogP contribution in [0, 0.1) is 13.8 Å². The van der Waals surface area contributed by atoms with Gasteiger partial charge in [-0.25, -0.2) is 9.97 Å². The van der Waals surface area contributed by atoms with Gasteiger partial charge in [0.15, 0.2) is 5.65 Å². The molecule has 5 heteroatoms. The quantitative estimate of drug-likeness (QED) is 0.556. The summed E-state index contributed by atoms with van der Waals surface area (Å²) in [4.78, 5) is 14.9. The molecule has 32 heavy (non-hydrogen) atoms. The van der Waals surface area contributed by atoms with Crippen molar-refractivity contribution >= 4 is 17.2 Å². The highest BCUT2D eigenvalue weighted by Gasteiger charge is 2.30. The van der Waals surface area contributed by atoms with Crippen molar-refractivity contribution in [1.82, 2.24) is 24.3 Å². The highest BCUT2D eigenvalue weighted by molar-refractivity contribution is 5.76. The van der Waals surface area contributed by atoms with E-state index in [1.807, 2.05) is 0 Å². The molecule has 0 amide bonds. The first-order valence-corrected chi connectivity index (χ1v) is 12.2. The minimum atomic E-state index is 0.810. The van der Waals surface area contributed by atoms with E-state index in [1.54, 1.807) is 0 Å². The third kappa shape index (κ3) is 4.64. The maximum absolute atomic E-state index is 4.87. The minimum absolute atomic E-state index is 0.810. The lowest BCUT2D eigenvalue weighted by molar-refractivity contribution is 0.136. The van der Waals surface area contributed by atoms with Crippen molar-refractivity contribution in [1.29, 1.82) is 0 Å². The van der Waals surface area contributed by atoms with E-state index >= 15 is 0 Å².